The molecular formula is C17H17NO3. The van der Waals surface area contributed by atoms with Crippen molar-refractivity contribution in [3.05, 3.63) is 59.7 Å². The predicted molar refractivity (Wildman–Crippen MR) is 81.2 cm³/mol. The van der Waals surface area contributed by atoms with Crippen molar-refractivity contribution >= 4 is 6.40 Å². The van der Waals surface area contributed by atoms with Gasteiger partial charge in [-0.3, -0.25) is 4.99 Å². The van der Waals surface area contributed by atoms with E-state index in [2.05, 4.69) is 4.99 Å². The van der Waals surface area contributed by atoms with Crippen LogP contribution < -0.4 is 9.47 Å². The molecule has 4 heteroatoms. The molecule has 0 amide bonds. The van der Waals surface area contributed by atoms with Crippen LogP contribution in [0.2, 0.25) is 0 Å². The lowest BCUT2D eigenvalue weighted by Crippen LogP contribution is -2.30. The molecule has 0 aromatic heterocycles. The zero-order chi connectivity index (χ0) is 14.7. The fraction of sp³-hybridized carbons (Fsp3) is 0.235. The highest BCUT2D eigenvalue weighted by atomic mass is 16.5. The van der Waals surface area contributed by atoms with Crippen molar-refractivity contribution in [2.24, 2.45) is 4.99 Å². The van der Waals surface area contributed by atoms with Crippen molar-refractivity contribution in [1.29, 1.82) is 0 Å². The van der Waals surface area contributed by atoms with Crippen LogP contribution in [0.3, 0.4) is 0 Å². The van der Waals surface area contributed by atoms with Crippen LogP contribution in [-0.4, -0.2) is 27.2 Å². The van der Waals surface area contributed by atoms with E-state index >= 15 is 0 Å². The second-order valence-corrected chi connectivity index (χ2v) is 4.85. The number of benzene rings is 2. The normalized spacial score (nSPS) is 15.5. The summed E-state index contributed by atoms with van der Waals surface area (Å²) < 4.78 is 16.5. The number of rotatable bonds is 4. The highest BCUT2D eigenvalue weighted by molar-refractivity contribution is 5.56. The summed E-state index contributed by atoms with van der Waals surface area (Å²) in [5.41, 5.74) is 1.39. The van der Waals surface area contributed by atoms with Gasteiger partial charge in [-0.2, -0.15) is 0 Å². The Morgan fingerprint density at radius 1 is 0.952 bits per heavy atom. The Kier molecular flexibility index (Phi) is 3.52. The fourth-order valence-corrected chi connectivity index (χ4v) is 2.56. The lowest BCUT2D eigenvalue weighted by Gasteiger charge is -2.29. The van der Waals surface area contributed by atoms with Crippen molar-refractivity contribution in [2.45, 2.75) is 5.60 Å². The second kappa shape index (κ2) is 5.48. The van der Waals surface area contributed by atoms with Crippen LogP contribution in [0.4, 0.5) is 0 Å². The molecule has 0 saturated heterocycles. The molecule has 2 aromatic carbocycles. The molecule has 0 unspecified atom stereocenters. The predicted octanol–water partition coefficient (Wildman–Crippen LogP) is 3.01. The quantitative estimate of drug-likeness (QED) is 0.866. The monoisotopic (exact) mass is 283 g/mol. The number of hydrogen-bond acceptors (Lipinski definition) is 4. The van der Waals surface area contributed by atoms with E-state index in [0.29, 0.717) is 6.54 Å². The van der Waals surface area contributed by atoms with Gasteiger partial charge in [-0.1, -0.05) is 24.3 Å². The topological polar surface area (TPSA) is 40.0 Å². The standard InChI is InChI=1S/C17H17NO3/c1-19-15-7-3-5-13(9-15)17(11-18-12-21-17)14-6-4-8-16(10-14)20-2/h3-10,12H,11H2,1-2H3. The van der Waals surface area contributed by atoms with Crippen LogP contribution in [0, 0.1) is 0 Å². The first kappa shape index (κ1) is 13.5. The molecule has 2 aromatic rings. The van der Waals surface area contributed by atoms with E-state index in [1.54, 1.807) is 14.2 Å². The van der Waals surface area contributed by atoms with Crippen molar-refractivity contribution in [3.8, 4) is 11.5 Å². The first-order chi connectivity index (χ1) is 10.3. The van der Waals surface area contributed by atoms with Gasteiger partial charge < -0.3 is 14.2 Å². The largest absolute Gasteiger partial charge is 0.497 e. The van der Waals surface area contributed by atoms with Crippen LogP contribution in [0.1, 0.15) is 11.1 Å². The smallest absolute Gasteiger partial charge is 0.180 e. The minimum atomic E-state index is -0.622. The van der Waals surface area contributed by atoms with E-state index in [1.807, 2.05) is 48.5 Å². The Morgan fingerprint density at radius 2 is 1.52 bits per heavy atom. The summed E-state index contributed by atoms with van der Waals surface area (Å²) in [4.78, 5) is 4.27. The van der Waals surface area contributed by atoms with Crippen molar-refractivity contribution < 1.29 is 14.2 Å². The molecule has 4 nitrogen and oxygen atoms in total. The minimum absolute atomic E-state index is 0.535. The van der Waals surface area contributed by atoms with E-state index in [1.165, 1.54) is 6.40 Å². The van der Waals surface area contributed by atoms with E-state index in [4.69, 9.17) is 14.2 Å². The zero-order valence-corrected chi connectivity index (χ0v) is 12.1. The van der Waals surface area contributed by atoms with Gasteiger partial charge in [-0.05, 0) is 24.3 Å². The maximum atomic E-state index is 5.91. The van der Waals surface area contributed by atoms with E-state index < -0.39 is 5.60 Å². The van der Waals surface area contributed by atoms with E-state index in [9.17, 15) is 0 Å². The Morgan fingerprint density at radius 3 is 1.95 bits per heavy atom. The van der Waals surface area contributed by atoms with Gasteiger partial charge in [-0.15, -0.1) is 0 Å². The number of ether oxygens (including phenoxy) is 3. The van der Waals surface area contributed by atoms with E-state index in [-0.39, 0.29) is 0 Å². The molecule has 0 radical (unpaired) electrons. The molecule has 0 bridgehead atoms. The molecule has 0 aliphatic carbocycles. The molecule has 0 N–H and O–H groups in total. The highest BCUT2D eigenvalue weighted by Gasteiger charge is 2.39. The number of nitrogens with zero attached hydrogens (tertiary/aromatic N) is 1. The fourth-order valence-electron chi connectivity index (χ4n) is 2.56. The molecule has 108 valence electrons. The summed E-state index contributed by atoms with van der Waals surface area (Å²) in [5.74, 6) is 1.59. The van der Waals surface area contributed by atoms with Crippen molar-refractivity contribution in [3.63, 3.8) is 0 Å². The third kappa shape index (κ3) is 2.33. The molecule has 21 heavy (non-hydrogen) atoms. The molecular weight excluding hydrogens is 266 g/mol. The first-order valence-corrected chi connectivity index (χ1v) is 6.74. The molecule has 0 fully saturated rings. The Labute approximate surface area is 124 Å². The molecule has 3 rings (SSSR count). The Balaban J connectivity index is 2.10. The molecule has 1 aliphatic rings. The Hall–Kier alpha value is -2.49. The van der Waals surface area contributed by atoms with Crippen LogP contribution >= 0.6 is 0 Å². The van der Waals surface area contributed by atoms with Gasteiger partial charge >= 0.3 is 0 Å². The number of aliphatic imine (C=N–C) groups is 1. The van der Waals surface area contributed by atoms with Crippen LogP contribution in [0.5, 0.6) is 11.5 Å². The van der Waals surface area contributed by atoms with Crippen LogP contribution in [0.25, 0.3) is 0 Å². The van der Waals surface area contributed by atoms with Crippen LogP contribution in [0.15, 0.2) is 53.5 Å². The minimum Gasteiger partial charge on any atom is -0.497 e. The van der Waals surface area contributed by atoms with Gasteiger partial charge in [0.25, 0.3) is 0 Å². The maximum Gasteiger partial charge on any atom is 0.180 e. The van der Waals surface area contributed by atoms with Gasteiger partial charge in [0.2, 0.25) is 0 Å². The molecule has 0 spiro atoms. The maximum absolute atomic E-state index is 5.91. The summed E-state index contributed by atoms with van der Waals surface area (Å²) in [6.07, 6.45) is 1.51. The average molecular weight is 283 g/mol. The molecule has 1 aliphatic heterocycles. The summed E-state index contributed by atoms with van der Waals surface area (Å²) in [6, 6.07) is 15.8. The first-order valence-electron chi connectivity index (χ1n) is 6.74. The lowest BCUT2D eigenvalue weighted by atomic mass is 9.86. The van der Waals surface area contributed by atoms with Gasteiger partial charge in [-0.25, -0.2) is 0 Å². The highest BCUT2D eigenvalue weighted by Crippen LogP contribution is 2.38. The van der Waals surface area contributed by atoms with Gasteiger partial charge in [0, 0.05) is 11.1 Å². The molecule has 1 heterocycles. The third-order valence-corrected chi connectivity index (χ3v) is 3.71. The molecule has 0 atom stereocenters. The number of hydrogen-bond donors (Lipinski definition) is 0. The average Bonchev–Trinajstić information content (AvgIpc) is 3.06. The van der Waals surface area contributed by atoms with Crippen molar-refractivity contribution in [1.82, 2.24) is 0 Å². The van der Waals surface area contributed by atoms with Crippen LogP contribution in [-0.2, 0) is 10.3 Å². The SMILES string of the molecule is COc1cccc(C2(c3cccc(OC)c3)CN=CO2)c1. The third-order valence-electron chi connectivity index (χ3n) is 3.71. The lowest BCUT2D eigenvalue weighted by molar-refractivity contribution is 0.139. The summed E-state index contributed by atoms with van der Waals surface area (Å²) in [5, 5.41) is 0. The van der Waals surface area contributed by atoms with Gasteiger partial charge in [0.05, 0.1) is 20.8 Å². The Bertz CT molecular complexity index is 609. The zero-order valence-electron chi connectivity index (χ0n) is 12.1. The molecule has 0 saturated carbocycles. The second-order valence-electron chi connectivity index (χ2n) is 4.85. The summed E-state index contributed by atoms with van der Waals surface area (Å²) >= 11 is 0. The summed E-state index contributed by atoms with van der Waals surface area (Å²) in [7, 11) is 3.31. The number of methoxy groups -OCH3 is 2. The van der Waals surface area contributed by atoms with Gasteiger partial charge in [0.1, 0.15) is 11.5 Å². The van der Waals surface area contributed by atoms with E-state index in [0.717, 1.165) is 22.6 Å². The van der Waals surface area contributed by atoms with Crippen molar-refractivity contribution in [2.75, 3.05) is 20.8 Å². The summed E-state index contributed by atoms with van der Waals surface area (Å²) in [6.45, 7) is 0.535. The van der Waals surface area contributed by atoms with Gasteiger partial charge in [0.15, 0.2) is 12.0 Å².